The molecule has 234 valence electrons. The summed E-state index contributed by atoms with van der Waals surface area (Å²) in [5, 5.41) is 11.3. The number of carbonyl (C=O) groups is 1. The number of esters is 1. The molecule has 1 N–H and O–H groups in total. The third kappa shape index (κ3) is 9.17. The van der Waals surface area contributed by atoms with Gasteiger partial charge in [-0.1, -0.05) is 92.1 Å². The van der Waals surface area contributed by atoms with Crippen molar-refractivity contribution in [2.45, 2.75) is 77.7 Å². The fraction of sp³-hybridized carbons (Fsp3) is 0.342. The molecule has 0 aliphatic heterocycles. The van der Waals surface area contributed by atoms with Crippen molar-refractivity contribution < 1.29 is 19.4 Å². The molecule has 7 heteroatoms. The van der Waals surface area contributed by atoms with Crippen LogP contribution in [0.15, 0.2) is 91.1 Å². The van der Waals surface area contributed by atoms with E-state index in [1.54, 1.807) is 4.40 Å². The fourth-order valence-corrected chi connectivity index (χ4v) is 5.34. The quantitative estimate of drug-likeness (QED) is 0.101. The lowest BCUT2D eigenvalue weighted by Gasteiger charge is -2.19. The highest BCUT2D eigenvalue weighted by atomic mass is 16.6. The topological polar surface area (TPSA) is 86.0 Å². The van der Waals surface area contributed by atoms with Gasteiger partial charge in [0.1, 0.15) is 17.0 Å². The SMILES string of the molecule is CC(C)(C)OC(=O)CCCCCCCOc1cccc(Cc2nc3c(Cc4ccccc4)nc(-c4ccccc4)cn3c2O)c1. The third-order valence-electron chi connectivity index (χ3n) is 7.49. The number of aromatic nitrogens is 3. The van der Waals surface area contributed by atoms with Crippen molar-refractivity contribution in [2.24, 2.45) is 0 Å². The molecule has 45 heavy (non-hydrogen) atoms. The van der Waals surface area contributed by atoms with Crippen LogP contribution in [0.5, 0.6) is 11.6 Å². The van der Waals surface area contributed by atoms with Gasteiger partial charge in [-0.2, -0.15) is 0 Å². The van der Waals surface area contributed by atoms with E-state index in [1.807, 2.05) is 99.8 Å². The van der Waals surface area contributed by atoms with Gasteiger partial charge in [0, 0.05) is 31.0 Å². The van der Waals surface area contributed by atoms with E-state index in [9.17, 15) is 9.90 Å². The van der Waals surface area contributed by atoms with Gasteiger partial charge >= 0.3 is 5.97 Å². The second-order valence-corrected chi connectivity index (χ2v) is 12.5. The van der Waals surface area contributed by atoms with E-state index in [2.05, 4.69) is 12.1 Å². The van der Waals surface area contributed by atoms with Gasteiger partial charge in [-0.3, -0.25) is 9.20 Å². The van der Waals surface area contributed by atoms with E-state index in [1.165, 1.54) is 0 Å². The van der Waals surface area contributed by atoms with Gasteiger partial charge in [0.15, 0.2) is 5.65 Å². The molecule has 7 nitrogen and oxygen atoms in total. The average Bonchev–Trinajstić information content (AvgIpc) is 3.33. The highest BCUT2D eigenvalue weighted by Crippen LogP contribution is 2.29. The molecule has 2 heterocycles. The van der Waals surface area contributed by atoms with Crippen molar-refractivity contribution in [1.29, 1.82) is 0 Å². The summed E-state index contributed by atoms with van der Waals surface area (Å²) in [7, 11) is 0. The summed E-state index contributed by atoms with van der Waals surface area (Å²) >= 11 is 0. The van der Waals surface area contributed by atoms with Crippen LogP contribution in [0.25, 0.3) is 16.9 Å². The number of hydrogen-bond donors (Lipinski definition) is 1. The van der Waals surface area contributed by atoms with Crippen molar-refractivity contribution in [3.8, 4) is 22.9 Å². The number of imidazole rings is 1. The zero-order valence-corrected chi connectivity index (χ0v) is 26.5. The molecule has 0 bridgehead atoms. The Morgan fingerprint density at radius 3 is 2.20 bits per heavy atom. The predicted octanol–water partition coefficient (Wildman–Crippen LogP) is 8.34. The van der Waals surface area contributed by atoms with Gasteiger partial charge in [-0.15, -0.1) is 0 Å². The van der Waals surface area contributed by atoms with Gasteiger partial charge < -0.3 is 14.6 Å². The fourth-order valence-electron chi connectivity index (χ4n) is 5.34. The minimum absolute atomic E-state index is 0.121. The van der Waals surface area contributed by atoms with E-state index < -0.39 is 5.60 Å². The van der Waals surface area contributed by atoms with Gasteiger partial charge in [0.05, 0.1) is 18.0 Å². The number of unbranched alkanes of at least 4 members (excludes halogenated alkanes) is 4. The standard InChI is InChI=1S/C38H43N3O4/c1-38(2,3)45-35(42)22-13-5-4-6-14-23-44-31-21-15-18-29(24-31)26-33-37(43)41-27-34(30-19-11-8-12-20-30)39-32(36(41)40-33)25-28-16-9-7-10-17-28/h7-12,15-21,24,27,43H,4-6,13-14,22-23,25-26H2,1-3H3. The van der Waals surface area contributed by atoms with E-state index in [0.29, 0.717) is 37.2 Å². The molecule has 0 unspecified atom stereocenters. The smallest absolute Gasteiger partial charge is 0.306 e. The number of ether oxygens (including phenoxy) is 2. The Morgan fingerprint density at radius 1 is 0.778 bits per heavy atom. The molecule has 0 saturated heterocycles. The molecule has 3 aromatic carbocycles. The van der Waals surface area contributed by atoms with E-state index in [0.717, 1.165) is 65.9 Å². The van der Waals surface area contributed by atoms with Crippen LogP contribution in [0, 0.1) is 0 Å². The number of aromatic hydroxyl groups is 1. The first kappa shape index (κ1) is 31.8. The Morgan fingerprint density at radius 2 is 1.44 bits per heavy atom. The van der Waals surface area contributed by atoms with E-state index >= 15 is 0 Å². The largest absolute Gasteiger partial charge is 0.494 e. The second kappa shape index (κ2) is 14.9. The third-order valence-corrected chi connectivity index (χ3v) is 7.49. The van der Waals surface area contributed by atoms with E-state index in [4.69, 9.17) is 19.4 Å². The maximum atomic E-state index is 11.8. The number of hydrogen-bond acceptors (Lipinski definition) is 6. The number of carbonyl (C=O) groups excluding carboxylic acids is 1. The first-order valence-corrected chi connectivity index (χ1v) is 15.9. The lowest BCUT2D eigenvalue weighted by molar-refractivity contribution is -0.154. The van der Waals surface area contributed by atoms with Crippen molar-refractivity contribution >= 4 is 11.6 Å². The molecular weight excluding hydrogens is 562 g/mol. The second-order valence-electron chi connectivity index (χ2n) is 12.5. The summed E-state index contributed by atoms with van der Waals surface area (Å²) in [6, 6.07) is 28.2. The number of rotatable bonds is 14. The minimum atomic E-state index is -0.422. The average molecular weight is 606 g/mol. The molecule has 0 saturated carbocycles. The zero-order valence-electron chi connectivity index (χ0n) is 26.5. The Labute approximate surface area is 265 Å². The Kier molecular flexibility index (Phi) is 10.5. The van der Waals surface area contributed by atoms with Crippen molar-refractivity contribution in [3.63, 3.8) is 0 Å². The lowest BCUT2D eigenvalue weighted by Crippen LogP contribution is -2.23. The van der Waals surface area contributed by atoms with Crippen LogP contribution in [0.1, 0.15) is 81.8 Å². The molecule has 5 rings (SSSR count). The normalized spacial score (nSPS) is 11.5. The maximum absolute atomic E-state index is 11.8. The molecule has 0 atom stereocenters. The molecule has 0 spiro atoms. The number of benzene rings is 3. The lowest BCUT2D eigenvalue weighted by atomic mass is 10.1. The van der Waals surface area contributed by atoms with Gasteiger partial charge in [0.25, 0.3) is 0 Å². The van der Waals surface area contributed by atoms with Crippen LogP contribution in [0.2, 0.25) is 0 Å². The van der Waals surface area contributed by atoms with Crippen LogP contribution in [-0.2, 0) is 22.4 Å². The highest BCUT2D eigenvalue weighted by molar-refractivity contribution is 5.69. The Balaban J connectivity index is 1.21. The summed E-state index contributed by atoms with van der Waals surface area (Å²) in [6.45, 7) is 6.31. The highest BCUT2D eigenvalue weighted by Gasteiger charge is 2.18. The maximum Gasteiger partial charge on any atom is 0.306 e. The molecule has 0 aliphatic carbocycles. The number of fused-ring (bicyclic) bond motifs is 1. The summed E-state index contributed by atoms with van der Waals surface area (Å²) in [5.41, 5.74) is 5.55. The summed E-state index contributed by atoms with van der Waals surface area (Å²) in [4.78, 5) is 21.7. The van der Waals surface area contributed by atoms with Gasteiger partial charge in [-0.25, -0.2) is 9.97 Å². The van der Waals surface area contributed by atoms with Gasteiger partial charge in [-0.05, 0) is 56.9 Å². The molecule has 0 radical (unpaired) electrons. The molecule has 2 aromatic heterocycles. The Bertz CT molecular complexity index is 1690. The monoisotopic (exact) mass is 605 g/mol. The first-order chi connectivity index (χ1) is 21.7. The van der Waals surface area contributed by atoms with Gasteiger partial charge in [0.2, 0.25) is 5.88 Å². The van der Waals surface area contributed by atoms with Crippen molar-refractivity contribution in [1.82, 2.24) is 14.4 Å². The zero-order chi connectivity index (χ0) is 31.6. The summed E-state index contributed by atoms with van der Waals surface area (Å²) < 4.78 is 13.2. The van der Waals surface area contributed by atoms with Crippen molar-refractivity contribution in [2.75, 3.05) is 6.61 Å². The van der Waals surface area contributed by atoms with Crippen LogP contribution in [0.3, 0.4) is 0 Å². The molecular formula is C38H43N3O4. The minimum Gasteiger partial charge on any atom is -0.494 e. The van der Waals surface area contributed by atoms with Crippen LogP contribution >= 0.6 is 0 Å². The van der Waals surface area contributed by atoms with Crippen molar-refractivity contribution in [3.05, 3.63) is 114 Å². The Hall–Kier alpha value is -4.65. The predicted molar refractivity (Wildman–Crippen MR) is 178 cm³/mol. The van der Waals surface area contributed by atoms with E-state index in [-0.39, 0.29) is 11.8 Å². The molecule has 0 fully saturated rings. The van der Waals surface area contributed by atoms with Crippen LogP contribution in [0.4, 0.5) is 0 Å². The first-order valence-electron chi connectivity index (χ1n) is 15.9. The van der Waals surface area contributed by atoms with Crippen LogP contribution in [-0.4, -0.2) is 37.7 Å². The number of nitrogens with zero attached hydrogens (tertiary/aromatic N) is 3. The van der Waals surface area contributed by atoms with Crippen LogP contribution < -0.4 is 4.74 Å². The summed E-state index contributed by atoms with van der Waals surface area (Å²) in [5.74, 6) is 0.805. The molecule has 0 amide bonds. The summed E-state index contributed by atoms with van der Waals surface area (Å²) in [6.07, 6.45) is 8.33. The molecule has 5 aromatic rings. The molecule has 0 aliphatic rings.